The number of carbonyl (C=O) groups is 1. The molecule has 0 aliphatic carbocycles. The van der Waals surface area contributed by atoms with Crippen molar-refractivity contribution in [3.8, 4) is 5.75 Å². The van der Waals surface area contributed by atoms with Crippen molar-refractivity contribution in [2.24, 2.45) is 0 Å². The van der Waals surface area contributed by atoms with Crippen LogP contribution in [0.5, 0.6) is 5.75 Å². The fraction of sp³-hybridized carbons (Fsp3) is 0.0800. The smallest absolute Gasteiger partial charge is 0.259 e. The molecule has 3 aromatic carbocycles. The van der Waals surface area contributed by atoms with Gasteiger partial charge in [0.25, 0.3) is 11.5 Å². The molecule has 8 heteroatoms. The van der Waals surface area contributed by atoms with Gasteiger partial charge in [-0.2, -0.15) is 5.10 Å². The van der Waals surface area contributed by atoms with Crippen molar-refractivity contribution >= 4 is 22.5 Å². The molecule has 0 radical (unpaired) electrons. The monoisotopic (exact) mass is 442 g/mol. The molecule has 1 atom stereocenters. The van der Waals surface area contributed by atoms with Gasteiger partial charge in [0.15, 0.2) is 0 Å². The number of hydrogen-bond donors (Lipinski definition) is 2. The first-order chi connectivity index (χ1) is 16.0. The van der Waals surface area contributed by atoms with E-state index in [2.05, 4.69) is 15.4 Å². The maximum absolute atomic E-state index is 13.5. The molecule has 0 aliphatic rings. The maximum Gasteiger partial charge on any atom is 0.259 e. The van der Waals surface area contributed by atoms with Crippen molar-refractivity contribution in [2.75, 3.05) is 7.11 Å². The summed E-state index contributed by atoms with van der Waals surface area (Å²) >= 11 is 0. The summed E-state index contributed by atoms with van der Waals surface area (Å²) in [7, 11) is 1.57. The molecule has 0 saturated carbocycles. The van der Waals surface area contributed by atoms with Crippen LogP contribution in [-0.2, 0) is 0 Å². The number of aromatic amines is 1. The number of fused-ring (bicyclic) bond motifs is 3. The minimum atomic E-state index is -0.564. The Kier molecular flexibility index (Phi) is 5.10. The number of H-pyrrole nitrogens is 1. The summed E-state index contributed by atoms with van der Waals surface area (Å²) in [5, 5.41) is 7.78. The Balaban J connectivity index is 1.56. The zero-order chi connectivity index (χ0) is 22.9. The Labute approximate surface area is 187 Å². The molecule has 0 aliphatic heterocycles. The van der Waals surface area contributed by atoms with E-state index in [0.717, 1.165) is 5.56 Å². The molecule has 2 heterocycles. The number of aromatic nitrogens is 3. The number of methoxy groups -OCH3 is 1. The van der Waals surface area contributed by atoms with Gasteiger partial charge in [-0.15, -0.1) is 0 Å². The Bertz CT molecular complexity index is 1520. The van der Waals surface area contributed by atoms with Gasteiger partial charge in [0.2, 0.25) is 0 Å². The van der Waals surface area contributed by atoms with E-state index in [1.165, 1.54) is 22.8 Å². The van der Waals surface area contributed by atoms with Crippen LogP contribution in [0.15, 0.2) is 83.8 Å². The SMILES string of the molecule is COc1ccc(C(NC(=O)c2cnn3c2[nH]c(=O)c2ccccc23)c2ccc(F)cc2)cc1. The third-order valence-electron chi connectivity index (χ3n) is 5.55. The molecule has 2 aromatic heterocycles. The van der Waals surface area contributed by atoms with E-state index in [0.29, 0.717) is 27.9 Å². The molecule has 1 unspecified atom stereocenters. The van der Waals surface area contributed by atoms with Crippen molar-refractivity contribution < 1.29 is 13.9 Å². The fourth-order valence-electron chi connectivity index (χ4n) is 3.86. The first-order valence-corrected chi connectivity index (χ1v) is 10.2. The Hall–Kier alpha value is -4.46. The van der Waals surface area contributed by atoms with Gasteiger partial charge in [-0.3, -0.25) is 9.59 Å². The minimum absolute atomic E-state index is 0.221. The molecular formula is C25H19FN4O3. The third kappa shape index (κ3) is 3.71. The third-order valence-corrected chi connectivity index (χ3v) is 5.55. The van der Waals surface area contributed by atoms with Crippen molar-refractivity contribution in [3.05, 3.63) is 112 Å². The lowest BCUT2D eigenvalue weighted by molar-refractivity contribution is 0.0944. The Morgan fingerprint density at radius 1 is 1.03 bits per heavy atom. The molecule has 33 heavy (non-hydrogen) atoms. The van der Waals surface area contributed by atoms with Crippen LogP contribution < -0.4 is 15.6 Å². The highest BCUT2D eigenvalue weighted by Crippen LogP contribution is 2.25. The van der Waals surface area contributed by atoms with E-state index in [1.54, 1.807) is 55.6 Å². The number of nitrogens with zero attached hydrogens (tertiary/aromatic N) is 2. The molecule has 1 amide bonds. The first-order valence-electron chi connectivity index (χ1n) is 10.2. The van der Waals surface area contributed by atoms with Crippen molar-refractivity contribution in [3.63, 3.8) is 0 Å². The van der Waals surface area contributed by atoms with Gasteiger partial charge in [0.05, 0.1) is 30.3 Å². The summed E-state index contributed by atoms with van der Waals surface area (Å²) in [6, 6.07) is 19.6. The number of para-hydroxylation sites is 1. The zero-order valence-electron chi connectivity index (χ0n) is 17.6. The second-order valence-corrected chi connectivity index (χ2v) is 7.52. The lowest BCUT2D eigenvalue weighted by Crippen LogP contribution is -2.29. The van der Waals surface area contributed by atoms with Crippen LogP contribution in [0.2, 0.25) is 0 Å². The van der Waals surface area contributed by atoms with Crippen LogP contribution >= 0.6 is 0 Å². The van der Waals surface area contributed by atoms with Crippen LogP contribution in [0.3, 0.4) is 0 Å². The molecule has 5 aromatic rings. The van der Waals surface area contributed by atoms with Crippen LogP contribution in [0.1, 0.15) is 27.5 Å². The van der Waals surface area contributed by atoms with E-state index in [9.17, 15) is 14.0 Å². The molecule has 0 spiro atoms. The summed E-state index contributed by atoms with van der Waals surface area (Å²) in [6.45, 7) is 0. The lowest BCUT2D eigenvalue weighted by Gasteiger charge is -2.20. The van der Waals surface area contributed by atoms with Crippen molar-refractivity contribution in [2.45, 2.75) is 6.04 Å². The van der Waals surface area contributed by atoms with Gasteiger partial charge in [0.1, 0.15) is 22.8 Å². The van der Waals surface area contributed by atoms with Crippen LogP contribution in [0.4, 0.5) is 4.39 Å². The van der Waals surface area contributed by atoms with E-state index >= 15 is 0 Å². The second-order valence-electron chi connectivity index (χ2n) is 7.52. The molecule has 2 N–H and O–H groups in total. The highest BCUT2D eigenvalue weighted by atomic mass is 19.1. The summed E-state index contributed by atoms with van der Waals surface area (Å²) in [5.74, 6) is -0.123. The quantitative estimate of drug-likeness (QED) is 0.433. The van der Waals surface area contributed by atoms with Crippen molar-refractivity contribution in [1.29, 1.82) is 0 Å². The number of hydrogen-bond acceptors (Lipinski definition) is 4. The number of nitrogens with one attached hydrogen (secondary N) is 2. The molecular weight excluding hydrogens is 423 g/mol. The number of halogens is 1. The molecule has 0 saturated heterocycles. The second kappa shape index (κ2) is 8.23. The van der Waals surface area contributed by atoms with Gasteiger partial charge in [0, 0.05) is 0 Å². The van der Waals surface area contributed by atoms with Crippen LogP contribution in [0.25, 0.3) is 16.6 Å². The molecule has 0 fully saturated rings. The van der Waals surface area contributed by atoms with Gasteiger partial charge < -0.3 is 15.0 Å². The summed E-state index contributed by atoms with van der Waals surface area (Å²) < 4.78 is 20.3. The first kappa shape index (κ1) is 20.4. The highest BCUT2D eigenvalue weighted by Gasteiger charge is 2.22. The normalized spacial score (nSPS) is 12.1. The number of ether oxygens (including phenoxy) is 1. The number of amides is 1. The van der Waals surface area contributed by atoms with Gasteiger partial charge >= 0.3 is 0 Å². The average molecular weight is 442 g/mol. The molecule has 5 rings (SSSR count). The van der Waals surface area contributed by atoms with E-state index < -0.39 is 11.9 Å². The molecule has 164 valence electrons. The fourth-order valence-corrected chi connectivity index (χ4v) is 3.86. The predicted octanol–water partition coefficient (Wildman–Crippen LogP) is 3.84. The lowest BCUT2D eigenvalue weighted by atomic mass is 9.98. The van der Waals surface area contributed by atoms with Gasteiger partial charge in [-0.25, -0.2) is 8.91 Å². The van der Waals surface area contributed by atoms with Crippen molar-refractivity contribution in [1.82, 2.24) is 19.9 Å². The van der Waals surface area contributed by atoms with E-state index in [4.69, 9.17) is 4.74 Å². The summed E-state index contributed by atoms with van der Waals surface area (Å²) in [4.78, 5) is 28.6. The number of benzene rings is 3. The summed E-state index contributed by atoms with van der Waals surface area (Å²) in [6.07, 6.45) is 1.42. The molecule has 0 bridgehead atoms. The zero-order valence-corrected chi connectivity index (χ0v) is 17.6. The molecule has 7 nitrogen and oxygen atoms in total. The van der Waals surface area contributed by atoms with Crippen LogP contribution in [0, 0.1) is 5.82 Å². The predicted molar refractivity (Wildman–Crippen MR) is 122 cm³/mol. The Morgan fingerprint density at radius 3 is 2.39 bits per heavy atom. The minimum Gasteiger partial charge on any atom is -0.497 e. The van der Waals surface area contributed by atoms with Gasteiger partial charge in [-0.1, -0.05) is 36.4 Å². The maximum atomic E-state index is 13.5. The van der Waals surface area contributed by atoms with E-state index in [-0.39, 0.29) is 16.9 Å². The average Bonchev–Trinajstić information content (AvgIpc) is 3.27. The van der Waals surface area contributed by atoms with Gasteiger partial charge in [-0.05, 0) is 47.5 Å². The summed E-state index contributed by atoms with van der Waals surface area (Å²) in [5.41, 5.74) is 2.29. The standard InChI is InChI=1S/C25H19FN4O3/c1-33-18-12-8-16(9-13-18)22(15-6-10-17(26)11-7-15)28-25(32)20-14-27-30-21-5-3-2-4-19(21)24(31)29-23(20)30/h2-14,22H,1H3,(H,28,32)(H,29,31). The Morgan fingerprint density at radius 2 is 1.70 bits per heavy atom. The number of rotatable bonds is 5. The van der Waals surface area contributed by atoms with Crippen LogP contribution in [-0.4, -0.2) is 27.6 Å². The number of carbonyl (C=O) groups excluding carboxylic acids is 1. The highest BCUT2D eigenvalue weighted by molar-refractivity contribution is 6.01. The van der Waals surface area contributed by atoms with E-state index in [1.807, 2.05) is 12.1 Å². The topological polar surface area (TPSA) is 88.5 Å². The largest absolute Gasteiger partial charge is 0.497 e.